The highest BCUT2D eigenvalue weighted by molar-refractivity contribution is 5.96. The van der Waals surface area contributed by atoms with Gasteiger partial charge in [0.25, 0.3) is 0 Å². The van der Waals surface area contributed by atoms with Gasteiger partial charge >= 0.3 is 0 Å². The summed E-state index contributed by atoms with van der Waals surface area (Å²) in [6.07, 6.45) is 3.61. The molecule has 0 aliphatic heterocycles. The van der Waals surface area contributed by atoms with E-state index in [2.05, 4.69) is 162 Å². The number of nitrogens with zero attached hydrogens (tertiary/aromatic N) is 3. The fourth-order valence-electron chi connectivity index (χ4n) is 8.97. The van der Waals surface area contributed by atoms with Gasteiger partial charge in [-0.2, -0.15) is 0 Å². The summed E-state index contributed by atoms with van der Waals surface area (Å²) in [5, 5.41) is 0. The van der Waals surface area contributed by atoms with E-state index < -0.39 is 0 Å². The zero-order valence-corrected chi connectivity index (χ0v) is 29.9. The molecule has 0 radical (unpaired) electrons. The largest absolute Gasteiger partial charge is 0.255 e. The lowest BCUT2D eigenvalue weighted by Gasteiger charge is -2.30. The first-order valence-corrected chi connectivity index (χ1v) is 18.8. The lowest BCUT2D eigenvalue weighted by atomic mass is 9.70. The molecule has 0 N–H and O–H groups in total. The Balaban J connectivity index is 0.947. The Bertz CT molecular complexity index is 2770. The fourth-order valence-corrected chi connectivity index (χ4v) is 8.97. The van der Waals surface area contributed by atoms with Gasteiger partial charge in [-0.3, -0.25) is 9.97 Å². The van der Waals surface area contributed by atoms with E-state index in [1.807, 2.05) is 36.4 Å². The monoisotopic (exact) mass is 699 g/mol. The van der Waals surface area contributed by atoms with Gasteiger partial charge in [0.15, 0.2) is 0 Å². The number of benzene rings is 6. The van der Waals surface area contributed by atoms with E-state index in [0.29, 0.717) is 0 Å². The number of pyridine rings is 3. The molecule has 0 fully saturated rings. The standard InChI is InChI=1S/C52H33N3/c1-4-14-44-40(11-1)41-12-2-5-15-45(41)52(44)46-16-6-3-13-42(46)43-28-27-38(31-47(43)52)36-23-19-34(20-24-36)35-21-25-37(26-22-35)39-32-50(48-17-7-9-29-53-48)55-51(33-39)49-18-8-10-30-54-49/h1-33H. The molecule has 3 nitrogen and oxygen atoms in total. The minimum absolute atomic E-state index is 0.345. The zero-order valence-electron chi connectivity index (χ0n) is 29.9. The Hall–Kier alpha value is -7.23. The summed E-state index contributed by atoms with van der Waals surface area (Å²) in [6, 6.07) is 67.9. The minimum Gasteiger partial charge on any atom is -0.255 e. The maximum Gasteiger partial charge on any atom is 0.0900 e. The van der Waals surface area contributed by atoms with Crippen LogP contribution in [0.3, 0.4) is 0 Å². The average Bonchev–Trinajstić information content (AvgIpc) is 3.74. The summed E-state index contributed by atoms with van der Waals surface area (Å²) in [6.45, 7) is 0. The second kappa shape index (κ2) is 12.4. The number of hydrogen-bond acceptors (Lipinski definition) is 3. The molecule has 0 unspecified atom stereocenters. The van der Waals surface area contributed by atoms with Crippen LogP contribution < -0.4 is 0 Å². The summed E-state index contributed by atoms with van der Waals surface area (Å²) in [4.78, 5) is 14.1. The lowest BCUT2D eigenvalue weighted by molar-refractivity contribution is 0.794. The SMILES string of the molecule is c1ccc(-c2cc(-c3ccc(-c4ccc(-c5ccc6c(c5)C5(c7ccccc7-c7ccccc75)c5ccccc5-6)cc4)cc3)cc(-c3ccccn3)n2)nc1. The van der Waals surface area contributed by atoms with E-state index in [1.54, 1.807) is 12.4 Å². The van der Waals surface area contributed by atoms with Crippen LogP contribution >= 0.6 is 0 Å². The molecule has 55 heavy (non-hydrogen) atoms. The molecule has 256 valence electrons. The zero-order chi connectivity index (χ0) is 36.3. The van der Waals surface area contributed by atoms with Gasteiger partial charge in [-0.25, -0.2) is 4.98 Å². The first-order chi connectivity index (χ1) is 27.3. The Morgan fingerprint density at radius 1 is 0.273 bits per heavy atom. The lowest BCUT2D eigenvalue weighted by Crippen LogP contribution is -2.25. The van der Waals surface area contributed by atoms with Crippen molar-refractivity contribution in [2.45, 2.75) is 5.41 Å². The Morgan fingerprint density at radius 2 is 0.655 bits per heavy atom. The van der Waals surface area contributed by atoms with Crippen LogP contribution in [0.5, 0.6) is 0 Å². The third-order valence-electron chi connectivity index (χ3n) is 11.4. The van der Waals surface area contributed by atoms with Gasteiger partial charge in [0.05, 0.1) is 28.2 Å². The molecule has 9 aromatic rings. The molecule has 0 atom stereocenters. The van der Waals surface area contributed by atoms with Gasteiger partial charge in [0.2, 0.25) is 0 Å². The van der Waals surface area contributed by atoms with Crippen molar-refractivity contribution in [2.75, 3.05) is 0 Å². The van der Waals surface area contributed by atoms with Gasteiger partial charge in [-0.05, 0) is 120 Å². The van der Waals surface area contributed by atoms with Crippen molar-refractivity contribution in [1.29, 1.82) is 0 Å². The van der Waals surface area contributed by atoms with Crippen molar-refractivity contribution in [3.8, 4) is 78.4 Å². The Morgan fingerprint density at radius 3 is 1.11 bits per heavy atom. The summed E-state index contributed by atoms with van der Waals surface area (Å²) < 4.78 is 0. The van der Waals surface area contributed by atoms with Gasteiger partial charge in [0, 0.05) is 12.4 Å². The molecule has 3 aromatic heterocycles. The van der Waals surface area contributed by atoms with Crippen molar-refractivity contribution in [2.24, 2.45) is 0 Å². The predicted octanol–water partition coefficient (Wildman–Crippen LogP) is 12.6. The smallest absolute Gasteiger partial charge is 0.0900 e. The van der Waals surface area contributed by atoms with Crippen molar-refractivity contribution < 1.29 is 0 Å². The molecule has 0 bridgehead atoms. The summed E-state index contributed by atoms with van der Waals surface area (Å²) in [7, 11) is 0. The topological polar surface area (TPSA) is 38.7 Å². The van der Waals surface area contributed by atoms with Crippen molar-refractivity contribution in [3.05, 3.63) is 223 Å². The van der Waals surface area contributed by atoms with E-state index >= 15 is 0 Å². The first-order valence-electron chi connectivity index (χ1n) is 18.8. The molecule has 0 amide bonds. The van der Waals surface area contributed by atoms with Gasteiger partial charge in [-0.15, -0.1) is 0 Å². The van der Waals surface area contributed by atoms with Crippen LogP contribution in [-0.2, 0) is 5.41 Å². The third kappa shape index (κ3) is 4.87. The van der Waals surface area contributed by atoms with Crippen molar-refractivity contribution in [3.63, 3.8) is 0 Å². The number of rotatable bonds is 5. The van der Waals surface area contributed by atoms with Crippen LogP contribution in [0.2, 0.25) is 0 Å². The van der Waals surface area contributed by atoms with Crippen molar-refractivity contribution >= 4 is 0 Å². The molecule has 0 saturated heterocycles. The summed E-state index contributed by atoms with van der Waals surface area (Å²) in [5.74, 6) is 0. The number of hydrogen-bond donors (Lipinski definition) is 0. The molecule has 2 aliphatic carbocycles. The van der Waals surface area contributed by atoms with E-state index in [9.17, 15) is 0 Å². The Kier molecular flexibility index (Phi) is 7.08. The minimum atomic E-state index is -0.345. The van der Waals surface area contributed by atoms with Gasteiger partial charge in [0.1, 0.15) is 0 Å². The first kappa shape index (κ1) is 31.3. The molecule has 2 aliphatic rings. The van der Waals surface area contributed by atoms with Gasteiger partial charge < -0.3 is 0 Å². The maximum absolute atomic E-state index is 4.94. The van der Waals surface area contributed by atoms with Crippen LogP contribution in [0, 0.1) is 0 Å². The third-order valence-corrected chi connectivity index (χ3v) is 11.4. The fraction of sp³-hybridized carbons (Fsp3) is 0.0192. The van der Waals surface area contributed by atoms with Crippen LogP contribution in [0.1, 0.15) is 22.3 Å². The van der Waals surface area contributed by atoms with E-state index in [-0.39, 0.29) is 5.41 Å². The van der Waals surface area contributed by atoms with Crippen LogP contribution in [0.4, 0.5) is 0 Å². The molecule has 6 aromatic carbocycles. The van der Waals surface area contributed by atoms with Crippen molar-refractivity contribution in [1.82, 2.24) is 15.0 Å². The molecule has 0 saturated carbocycles. The van der Waals surface area contributed by atoms with E-state index in [0.717, 1.165) is 33.9 Å². The maximum atomic E-state index is 4.94. The number of aromatic nitrogens is 3. The molecule has 11 rings (SSSR count). The quantitative estimate of drug-likeness (QED) is 0.179. The molecule has 1 spiro atoms. The average molecular weight is 700 g/mol. The normalized spacial score (nSPS) is 12.9. The molecular weight excluding hydrogens is 667 g/mol. The van der Waals surface area contributed by atoms with E-state index in [4.69, 9.17) is 4.98 Å². The predicted molar refractivity (Wildman–Crippen MR) is 223 cm³/mol. The van der Waals surface area contributed by atoms with Crippen LogP contribution in [0.15, 0.2) is 200 Å². The summed E-state index contributed by atoms with van der Waals surface area (Å²) >= 11 is 0. The Labute approximate surface area is 320 Å². The highest BCUT2D eigenvalue weighted by Crippen LogP contribution is 2.63. The van der Waals surface area contributed by atoms with Crippen LogP contribution in [-0.4, -0.2) is 15.0 Å². The highest BCUT2D eigenvalue weighted by Gasteiger charge is 2.51. The number of fused-ring (bicyclic) bond motifs is 10. The second-order valence-corrected chi connectivity index (χ2v) is 14.4. The second-order valence-electron chi connectivity index (χ2n) is 14.4. The molecule has 3 heterocycles. The van der Waals surface area contributed by atoms with E-state index in [1.165, 1.54) is 66.8 Å². The molecular formula is C52H33N3. The highest BCUT2D eigenvalue weighted by atomic mass is 14.8. The summed E-state index contributed by atoms with van der Waals surface area (Å²) in [5.41, 5.74) is 20.7. The van der Waals surface area contributed by atoms with Crippen LogP contribution in [0.25, 0.3) is 78.4 Å². The molecule has 3 heteroatoms. The van der Waals surface area contributed by atoms with Gasteiger partial charge in [-0.1, -0.05) is 146 Å².